The van der Waals surface area contributed by atoms with Crippen LogP contribution in [0.25, 0.3) is 0 Å². The molecule has 0 bridgehead atoms. The Balaban J connectivity index is 5.62. The summed E-state index contributed by atoms with van der Waals surface area (Å²) < 4.78 is 52.8. The predicted octanol–water partition coefficient (Wildman–Crippen LogP) is 4.76. The van der Waals surface area contributed by atoms with Crippen LogP contribution in [0.4, 0.5) is 0 Å². The number of hydrogen-bond donors (Lipinski definition) is 0. The third-order valence-electron chi connectivity index (χ3n) is 7.35. The summed E-state index contributed by atoms with van der Waals surface area (Å²) in [6, 6.07) is 3.29. The zero-order chi connectivity index (χ0) is 27.2. The molecule has 0 N–H and O–H groups in total. The third kappa shape index (κ3) is 13.2. The van der Waals surface area contributed by atoms with E-state index in [9.17, 15) is 0 Å². The summed E-state index contributed by atoms with van der Waals surface area (Å²) in [6.07, 6.45) is 3.62. The molecule has 0 radical (unpaired) electrons. The Hall–Kier alpha value is 0.508. The van der Waals surface area contributed by atoms with E-state index >= 15 is 0 Å². The van der Waals surface area contributed by atoms with Crippen LogP contribution in [-0.4, -0.2) is 103 Å². The smallest absolute Gasteiger partial charge is 0.337 e. The van der Waals surface area contributed by atoms with Gasteiger partial charge in [0.15, 0.2) is 0 Å². The van der Waals surface area contributed by atoms with Crippen molar-refractivity contribution in [1.29, 1.82) is 0 Å². The molecule has 2 unspecified atom stereocenters. The van der Waals surface area contributed by atoms with E-state index in [1.807, 2.05) is 0 Å². The van der Waals surface area contributed by atoms with Gasteiger partial charge in [-0.2, -0.15) is 0 Å². The van der Waals surface area contributed by atoms with Crippen molar-refractivity contribution < 1.29 is 40.1 Å². The minimum atomic E-state index is -2.35. The van der Waals surface area contributed by atoms with Crippen molar-refractivity contribution in [3.63, 3.8) is 0 Å². The Kier molecular flexibility index (Phi) is 17.4. The highest BCUT2D eigenvalue weighted by atomic mass is 28.4. The zero-order valence-corrected chi connectivity index (χ0v) is 28.5. The van der Waals surface area contributed by atoms with Gasteiger partial charge in [0, 0.05) is 69.0 Å². The highest BCUT2D eigenvalue weighted by Gasteiger charge is 2.39. The van der Waals surface area contributed by atoms with Gasteiger partial charge in [-0.1, -0.05) is 0 Å². The van der Waals surface area contributed by atoms with E-state index in [1.165, 1.54) is 0 Å². The second-order valence-corrected chi connectivity index (χ2v) is 23.9. The molecule has 0 saturated heterocycles. The summed E-state index contributed by atoms with van der Waals surface area (Å²) in [7, 11) is 4.86. The van der Waals surface area contributed by atoms with Crippen molar-refractivity contribution in [2.24, 2.45) is 0 Å². The molecule has 0 aromatic rings. The Morgan fingerprint density at radius 3 is 0.914 bits per heavy atom. The van der Waals surface area contributed by atoms with E-state index in [0.717, 1.165) is 49.9 Å². The van der Waals surface area contributed by atoms with Gasteiger partial charge in [-0.15, -0.1) is 0 Å². The zero-order valence-electron chi connectivity index (χ0n) is 24.5. The minimum absolute atomic E-state index is 0.0102. The minimum Gasteiger partial charge on any atom is -0.398 e. The summed E-state index contributed by atoms with van der Waals surface area (Å²) >= 11 is 0. The molecule has 0 aromatic heterocycles. The van der Waals surface area contributed by atoms with Gasteiger partial charge in [-0.25, -0.2) is 0 Å². The van der Waals surface area contributed by atoms with Gasteiger partial charge in [-0.05, 0) is 64.0 Å². The molecule has 0 aliphatic heterocycles. The summed E-state index contributed by atoms with van der Waals surface area (Å²) in [6.45, 7) is 8.35. The van der Waals surface area contributed by atoms with Gasteiger partial charge in [0.2, 0.25) is 0 Å². The van der Waals surface area contributed by atoms with Gasteiger partial charge >= 0.3 is 34.2 Å². The fourth-order valence-corrected chi connectivity index (χ4v) is 10.0. The molecule has 9 nitrogen and oxygen atoms in total. The number of hydrogen-bond acceptors (Lipinski definition) is 9. The van der Waals surface area contributed by atoms with Crippen molar-refractivity contribution in [3.8, 4) is 0 Å². The number of ether oxygens (including phenoxy) is 1. The summed E-state index contributed by atoms with van der Waals surface area (Å²) in [5.74, 6) is 0. The van der Waals surface area contributed by atoms with Gasteiger partial charge in [-0.3, -0.25) is 0 Å². The average molecular weight is 575 g/mol. The van der Waals surface area contributed by atoms with E-state index in [1.54, 1.807) is 56.9 Å². The van der Waals surface area contributed by atoms with Crippen molar-refractivity contribution in [1.82, 2.24) is 0 Å². The lowest BCUT2D eigenvalue weighted by molar-refractivity contribution is -0.0107. The van der Waals surface area contributed by atoms with Crippen LogP contribution in [0.1, 0.15) is 25.7 Å². The first-order valence-corrected chi connectivity index (χ1v) is 22.5. The summed E-state index contributed by atoms with van der Waals surface area (Å²) in [5, 5.41) is 0. The van der Waals surface area contributed by atoms with Gasteiger partial charge in [0.05, 0.1) is 12.2 Å². The first kappa shape index (κ1) is 35.5. The Morgan fingerprint density at radius 2 is 0.686 bits per heavy atom. The first-order chi connectivity index (χ1) is 16.3. The maximum absolute atomic E-state index is 6.83. The van der Waals surface area contributed by atoms with Crippen molar-refractivity contribution in [2.45, 2.75) is 88.3 Å². The van der Waals surface area contributed by atoms with E-state index in [4.69, 9.17) is 40.1 Å². The fourth-order valence-electron chi connectivity index (χ4n) is 3.91. The van der Waals surface area contributed by atoms with Crippen LogP contribution >= 0.6 is 0 Å². The van der Waals surface area contributed by atoms with Crippen LogP contribution in [0.5, 0.6) is 0 Å². The molecule has 212 valence electrons. The normalized spacial score (nSPS) is 15.4. The highest BCUT2D eigenvalue weighted by molar-refractivity contribution is 6.67. The molecule has 0 aliphatic rings. The third-order valence-corrected chi connectivity index (χ3v) is 19.2. The van der Waals surface area contributed by atoms with Crippen LogP contribution in [0.3, 0.4) is 0 Å². The molecular weight excluding hydrogens is 521 g/mol. The van der Waals surface area contributed by atoms with E-state index in [-0.39, 0.29) is 12.2 Å². The van der Waals surface area contributed by atoms with Gasteiger partial charge in [0.1, 0.15) is 0 Å². The second-order valence-electron chi connectivity index (χ2n) is 9.74. The van der Waals surface area contributed by atoms with Crippen LogP contribution in [-0.2, 0) is 40.1 Å². The molecule has 2 atom stereocenters. The van der Waals surface area contributed by atoms with E-state index in [0.29, 0.717) is 0 Å². The largest absolute Gasteiger partial charge is 0.398 e. The standard InChI is InChI=1S/C22H54O9Si4/c1-23-32(9,24-2)17-13-15-21(19-34(11,27-5)28-6)31-22(20-35(12,29-7)30-8)16-14-18-33(10,25-3)26-4/h21-22H,13-20H2,1-12H3. The first-order valence-electron chi connectivity index (χ1n) is 12.4. The molecule has 0 fully saturated rings. The van der Waals surface area contributed by atoms with Crippen molar-refractivity contribution >= 4 is 34.2 Å². The Labute approximate surface area is 219 Å². The molecule has 13 heteroatoms. The topological polar surface area (TPSA) is 83.1 Å². The predicted molar refractivity (Wildman–Crippen MR) is 149 cm³/mol. The molecular formula is C22H54O9Si4. The van der Waals surface area contributed by atoms with Gasteiger partial charge in [0.25, 0.3) is 0 Å². The second kappa shape index (κ2) is 17.2. The van der Waals surface area contributed by atoms with Crippen LogP contribution in [0.15, 0.2) is 0 Å². The van der Waals surface area contributed by atoms with Crippen molar-refractivity contribution in [3.05, 3.63) is 0 Å². The molecule has 35 heavy (non-hydrogen) atoms. The average Bonchev–Trinajstić information content (AvgIpc) is 2.87. The maximum Gasteiger partial charge on any atom is 0.337 e. The fraction of sp³-hybridized carbons (Fsp3) is 1.00. The summed E-state index contributed by atoms with van der Waals surface area (Å²) in [5.41, 5.74) is 0. The lowest BCUT2D eigenvalue weighted by Crippen LogP contribution is -2.44. The molecule has 0 rings (SSSR count). The lowest BCUT2D eigenvalue weighted by atomic mass is 10.2. The molecule has 0 saturated carbocycles. The Morgan fingerprint density at radius 1 is 0.429 bits per heavy atom. The van der Waals surface area contributed by atoms with Crippen LogP contribution < -0.4 is 0 Å². The maximum atomic E-state index is 6.83. The molecule has 0 amide bonds. The molecule has 0 aromatic carbocycles. The van der Waals surface area contributed by atoms with Crippen molar-refractivity contribution in [2.75, 3.05) is 56.9 Å². The molecule has 0 spiro atoms. The van der Waals surface area contributed by atoms with E-state index in [2.05, 4.69) is 26.2 Å². The molecule has 0 aliphatic carbocycles. The quantitative estimate of drug-likeness (QED) is 0.170. The van der Waals surface area contributed by atoms with Gasteiger partial charge < -0.3 is 40.1 Å². The monoisotopic (exact) mass is 574 g/mol. The van der Waals surface area contributed by atoms with E-state index < -0.39 is 34.2 Å². The lowest BCUT2D eigenvalue weighted by Gasteiger charge is -2.34. The van der Waals surface area contributed by atoms with Crippen LogP contribution in [0, 0.1) is 0 Å². The Bertz CT molecular complexity index is 497. The molecule has 0 heterocycles. The SMILES string of the molecule is CO[Si](C)(CCCC(C[Si](C)(OC)OC)OC(CCC[Si](C)(OC)OC)C[Si](C)(OC)OC)OC. The summed E-state index contributed by atoms with van der Waals surface area (Å²) in [4.78, 5) is 0. The van der Waals surface area contributed by atoms with Crippen LogP contribution in [0.2, 0.25) is 50.4 Å². The number of rotatable bonds is 22. The highest BCUT2D eigenvalue weighted by Crippen LogP contribution is 2.29.